The van der Waals surface area contributed by atoms with Crippen LogP contribution in [0.2, 0.25) is 0 Å². The molecule has 9 heavy (non-hydrogen) atoms. The van der Waals surface area contributed by atoms with E-state index < -0.39 is 0 Å². The van der Waals surface area contributed by atoms with Crippen molar-refractivity contribution in [2.45, 2.75) is 13.0 Å². The van der Waals surface area contributed by atoms with Crippen LogP contribution in [0.4, 0.5) is 0 Å². The second-order valence-electron chi connectivity index (χ2n) is 1.65. The summed E-state index contributed by atoms with van der Waals surface area (Å²) < 4.78 is 2.01. The van der Waals surface area contributed by atoms with E-state index in [4.69, 9.17) is 0 Å². The summed E-state index contributed by atoms with van der Waals surface area (Å²) in [6, 6.07) is 0. The third kappa shape index (κ3) is 3.12. The number of aryl methyl sites for hydroxylation is 1. The zero-order valence-electron chi connectivity index (χ0n) is 5.33. The Morgan fingerprint density at radius 3 is 2.78 bits per heavy atom. The van der Waals surface area contributed by atoms with E-state index in [1.165, 1.54) is 0 Å². The summed E-state index contributed by atoms with van der Waals surface area (Å²) in [5.74, 6) is 0. The van der Waals surface area contributed by atoms with Crippen molar-refractivity contribution in [2.75, 3.05) is 0 Å². The van der Waals surface area contributed by atoms with Gasteiger partial charge in [0.15, 0.2) is 0 Å². The van der Waals surface area contributed by atoms with Gasteiger partial charge in [-0.1, -0.05) is 0 Å². The van der Waals surface area contributed by atoms with Crippen molar-refractivity contribution in [3.8, 4) is 0 Å². The van der Waals surface area contributed by atoms with Crippen LogP contribution in [0.25, 0.3) is 0 Å². The Kier molecular flexibility index (Phi) is 5.31. The first kappa shape index (κ1) is 9.31. The first-order valence-electron chi connectivity index (χ1n) is 2.68. The fourth-order valence-corrected chi connectivity index (χ4v) is 0.602. The number of hydrogen-bond acceptors (Lipinski definition) is 1. The van der Waals surface area contributed by atoms with Crippen LogP contribution in [0.3, 0.4) is 0 Å². The van der Waals surface area contributed by atoms with E-state index in [1.54, 1.807) is 12.5 Å². The molecule has 0 aromatic carbocycles. The maximum atomic E-state index is 3.88. The number of nitrogens with zero attached hydrogens (tertiary/aromatic N) is 2. The third-order valence-corrected chi connectivity index (χ3v) is 0.976. The van der Waals surface area contributed by atoms with Crippen molar-refractivity contribution in [1.29, 1.82) is 0 Å². The summed E-state index contributed by atoms with van der Waals surface area (Å²) >= 11 is 0. The van der Waals surface area contributed by atoms with Crippen molar-refractivity contribution >= 4 is 0 Å². The molecule has 47 valence electrons. The van der Waals surface area contributed by atoms with Crippen LogP contribution in [0.5, 0.6) is 0 Å². The van der Waals surface area contributed by atoms with E-state index >= 15 is 0 Å². The molecule has 0 N–H and O–H groups in total. The number of imidazole rings is 1. The van der Waals surface area contributed by atoms with E-state index in [0.717, 1.165) is 13.0 Å². The molecule has 0 saturated heterocycles. The largest absolute Gasteiger partial charge is 0.342 e. The monoisotopic (exact) mass is 198 g/mol. The molecular formula is C6H9N2Y-. The summed E-state index contributed by atoms with van der Waals surface area (Å²) in [6.45, 7) is 4.68. The quantitative estimate of drug-likeness (QED) is 0.650. The SMILES string of the molecule is [CH2-]CCn1ccnc1.[Y]. The Labute approximate surface area is 80.5 Å². The molecular weight excluding hydrogens is 189 g/mol. The summed E-state index contributed by atoms with van der Waals surface area (Å²) in [6.07, 6.45) is 6.43. The van der Waals surface area contributed by atoms with Crippen molar-refractivity contribution in [2.24, 2.45) is 0 Å². The Morgan fingerprint density at radius 1 is 1.56 bits per heavy atom. The second-order valence-corrected chi connectivity index (χ2v) is 1.65. The minimum atomic E-state index is 0. The topological polar surface area (TPSA) is 17.8 Å². The van der Waals surface area contributed by atoms with Gasteiger partial charge >= 0.3 is 0 Å². The fraction of sp³-hybridized carbons (Fsp3) is 0.333. The first-order valence-corrected chi connectivity index (χ1v) is 2.68. The second kappa shape index (κ2) is 5.13. The molecule has 0 saturated carbocycles. The van der Waals surface area contributed by atoms with E-state index in [2.05, 4.69) is 11.9 Å². The normalized spacial score (nSPS) is 8.56. The van der Waals surface area contributed by atoms with Gasteiger partial charge in [-0.05, 0) is 6.54 Å². The van der Waals surface area contributed by atoms with Crippen LogP contribution >= 0.6 is 0 Å². The molecule has 0 fully saturated rings. The van der Waals surface area contributed by atoms with Crippen molar-refractivity contribution in [3.05, 3.63) is 25.6 Å². The smallest absolute Gasteiger partial charge is 0.0945 e. The van der Waals surface area contributed by atoms with Gasteiger partial charge in [-0.3, -0.25) is 0 Å². The molecule has 2 nitrogen and oxygen atoms in total. The van der Waals surface area contributed by atoms with Gasteiger partial charge in [0, 0.05) is 45.1 Å². The summed E-state index contributed by atoms with van der Waals surface area (Å²) in [7, 11) is 0. The molecule has 0 atom stereocenters. The molecule has 1 aromatic rings. The van der Waals surface area contributed by atoms with Gasteiger partial charge in [-0.2, -0.15) is 6.42 Å². The van der Waals surface area contributed by atoms with Crippen molar-refractivity contribution in [1.82, 2.24) is 9.55 Å². The van der Waals surface area contributed by atoms with Crippen LogP contribution in [0, 0.1) is 6.92 Å². The maximum absolute atomic E-state index is 3.88. The van der Waals surface area contributed by atoms with Crippen LogP contribution in [0.1, 0.15) is 6.42 Å². The van der Waals surface area contributed by atoms with Gasteiger partial charge in [0.05, 0.1) is 6.33 Å². The molecule has 1 radical (unpaired) electrons. The molecule has 0 spiro atoms. The molecule has 0 bridgehead atoms. The fourth-order valence-electron chi connectivity index (χ4n) is 0.602. The molecule has 0 unspecified atom stereocenters. The Balaban J connectivity index is 0.000000640. The first-order chi connectivity index (χ1) is 3.93. The van der Waals surface area contributed by atoms with Gasteiger partial charge < -0.3 is 11.5 Å². The number of rotatable bonds is 2. The molecule has 1 rings (SSSR count). The van der Waals surface area contributed by atoms with Gasteiger partial charge in [-0.25, -0.2) is 4.98 Å². The summed E-state index contributed by atoms with van der Waals surface area (Å²) in [4.78, 5) is 3.88. The maximum Gasteiger partial charge on any atom is 0.0945 e. The average molecular weight is 198 g/mol. The molecule has 0 aliphatic rings. The summed E-state index contributed by atoms with van der Waals surface area (Å²) in [5.41, 5.74) is 0. The number of aromatic nitrogens is 2. The van der Waals surface area contributed by atoms with E-state index in [1.807, 2.05) is 10.8 Å². The van der Waals surface area contributed by atoms with Crippen LogP contribution in [0.15, 0.2) is 18.7 Å². The van der Waals surface area contributed by atoms with Gasteiger partial charge in [0.25, 0.3) is 0 Å². The zero-order chi connectivity index (χ0) is 5.82. The number of hydrogen-bond donors (Lipinski definition) is 0. The zero-order valence-corrected chi connectivity index (χ0v) is 8.16. The van der Waals surface area contributed by atoms with E-state index in [9.17, 15) is 0 Å². The molecule has 1 aromatic heterocycles. The van der Waals surface area contributed by atoms with E-state index in [0.29, 0.717) is 0 Å². The molecule has 0 aliphatic carbocycles. The minimum absolute atomic E-state index is 0. The van der Waals surface area contributed by atoms with Crippen LogP contribution in [-0.4, -0.2) is 9.55 Å². The predicted molar refractivity (Wildman–Crippen MR) is 32.2 cm³/mol. The predicted octanol–water partition coefficient (Wildman–Crippen LogP) is 1.10. The molecule has 3 heteroatoms. The van der Waals surface area contributed by atoms with E-state index in [-0.39, 0.29) is 32.7 Å². The molecule has 0 amide bonds. The van der Waals surface area contributed by atoms with Crippen LogP contribution < -0.4 is 0 Å². The third-order valence-electron chi connectivity index (χ3n) is 0.976. The average Bonchev–Trinajstić information content (AvgIpc) is 2.19. The standard InChI is InChI=1S/C6H9N2.Y/c1-2-4-8-5-3-7-6-8;/h3,5-6H,1-2,4H2;/q-1;. The van der Waals surface area contributed by atoms with Gasteiger partial charge in [-0.15, -0.1) is 0 Å². The van der Waals surface area contributed by atoms with Crippen molar-refractivity contribution in [3.63, 3.8) is 0 Å². The van der Waals surface area contributed by atoms with Gasteiger partial charge in [0.2, 0.25) is 0 Å². The Morgan fingerprint density at radius 2 is 2.33 bits per heavy atom. The summed E-state index contributed by atoms with van der Waals surface area (Å²) in [5, 5.41) is 0. The molecule has 0 aliphatic heterocycles. The Bertz CT molecular complexity index is 137. The molecule has 1 heterocycles. The van der Waals surface area contributed by atoms with Crippen molar-refractivity contribution < 1.29 is 32.7 Å². The van der Waals surface area contributed by atoms with Gasteiger partial charge in [0.1, 0.15) is 0 Å². The van der Waals surface area contributed by atoms with Crippen LogP contribution in [-0.2, 0) is 39.3 Å². The minimum Gasteiger partial charge on any atom is -0.342 e. The Hall–Kier alpha value is 0.314.